The van der Waals surface area contributed by atoms with Crippen molar-refractivity contribution in [3.63, 3.8) is 0 Å². The molecule has 2 nitrogen and oxygen atoms in total. The van der Waals surface area contributed by atoms with Crippen molar-refractivity contribution in [3.8, 4) is 11.5 Å². The van der Waals surface area contributed by atoms with Crippen molar-refractivity contribution in [1.82, 2.24) is 0 Å². The third-order valence-corrected chi connectivity index (χ3v) is 8.19. The second-order valence-corrected chi connectivity index (χ2v) is 11.0. The van der Waals surface area contributed by atoms with Gasteiger partial charge in [-0.15, -0.1) is 0 Å². The summed E-state index contributed by atoms with van der Waals surface area (Å²) in [6.45, 7) is 7.62. The molecule has 1 fully saturated rings. The maximum Gasteiger partial charge on any atom is 0.142 e. The van der Waals surface area contributed by atoms with Gasteiger partial charge in [0.05, 0.1) is 6.61 Å². The molecule has 0 amide bonds. The fraction of sp³-hybridized carbons (Fsp3) is 0.625. The molecule has 19 heavy (non-hydrogen) atoms. The van der Waals surface area contributed by atoms with E-state index in [0.717, 1.165) is 18.1 Å². The first-order valence-electron chi connectivity index (χ1n) is 6.94. The molecule has 1 spiro atoms. The van der Waals surface area contributed by atoms with E-state index in [1.807, 2.05) is 6.07 Å². The SMILES string of the molecule is CC(C)(C)S(C)(C)Oc1cccc2c1C1(CC1)CO2. The van der Waals surface area contributed by atoms with E-state index in [1.54, 1.807) is 0 Å². The van der Waals surface area contributed by atoms with Gasteiger partial charge in [-0.1, -0.05) is 16.4 Å². The van der Waals surface area contributed by atoms with Crippen LogP contribution in [0.3, 0.4) is 0 Å². The van der Waals surface area contributed by atoms with Crippen LogP contribution in [0.25, 0.3) is 0 Å². The summed E-state index contributed by atoms with van der Waals surface area (Å²) in [5, 5.41) is 0. The summed E-state index contributed by atoms with van der Waals surface area (Å²) < 4.78 is 12.5. The third-order valence-electron chi connectivity index (χ3n) is 4.65. The van der Waals surface area contributed by atoms with Gasteiger partial charge in [-0.05, 0) is 58.3 Å². The van der Waals surface area contributed by atoms with Gasteiger partial charge in [0.25, 0.3) is 0 Å². The van der Waals surface area contributed by atoms with E-state index >= 15 is 0 Å². The highest BCUT2D eigenvalue weighted by molar-refractivity contribution is 8.30. The fourth-order valence-corrected chi connectivity index (χ4v) is 3.24. The predicted octanol–water partition coefficient (Wildman–Crippen LogP) is 4.27. The molecular weight excluding hydrogens is 256 g/mol. The lowest BCUT2D eigenvalue weighted by Gasteiger charge is -2.44. The number of hydrogen-bond donors (Lipinski definition) is 0. The summed E-state index contributed by atoms with van der Waals surface area (Å²) >= 11 is 0. The van der Waals surface area contributed by atoms with Crippen molar-refractivity contribution in [1.29, 1.82) is 0 Å². The van der Waals surface area contributed by atoms with Gasteiger partial charge in [0, 0.05) is 15.7 Å². The van der Waals surface area contributed by atoms with E-state index in [9.17, 15) is 0 Å². The highest BCUT2D eigenvalue weighted by Gasteiger charge is 2.53. The van der Waals surface area contributed by atoms with Crippen molar-refractivity contribution >= 4 is 10.3 Å². The topological polar surface area (TPSA) is 18.5 Å². The molecule has 3 rings (SSSR count). The van der Waals surface area contributed by atoms with Gasteiger partial charge in [0.15, 0.2) is 0 Å². The van der Waals surface area contributed by atoms with Crippen LogP contribution in [0.15, 0.2) is 18.2 Å². The zero-order valence-corrected chi connectivity index (χ0v) is 13.4. The molecular formula is C16H24O2S. The van der Waals surface area contributed by atoms with Crippen molar-refractivity contribution in [2.24, 2.45) is 0 Å². The van der Waals surface area contributed by atoms with Crippen LogP contribution in [0.4, 0.5) is 0 Å². The first-order valence-corrected chi connectivity index (χ1v) is 9.31. The molecule has 0 radical (unpaired) electrons. The van der Waals surface area contributed by atoms with E-state index in [1.165, 1.54) is 18.4 Å². The quantitative estimate of drug-likeness (QED) is 0.805. The second kappa shape index (κ2) is 3.85. The molecule has 0 aromatic heterocycles. The Kier molecular flexibility index (Phi) is 2.66. The van der Waals surface area contributed by atoms with Gasteiger partial charge in [-0.25, -0.2) is 0 Å². The van der Waals surface area contributed by atoms with Gasteiger partial charge in [-0.2, -0.15) is 0 Å². The van der Waals surface area contributed by atoms with Crippen molar-refractivity contribution in [2.75, 3.05) is 19.1 Å². The predicted molar refractivity (Wildman–Crippen MR) is 82.7 cm³/mol. The highest BCUT2D eigenvalue weighted by Crippen LogP contribution is 2.61. The smallest absolute Gasteiger partial charge is 0.142 e. The van der Waals surface area contributed by atoms with Crippen molar-refractivity contribution in [2.45, 2.75) is 43.8 Å². The Hall–Kier alpha value is -0.830. The van der Waals surface area contributed by atoms with Crippen LogP contribution in [0.5, 0.6) is 11.5 Å². The monoisotopic (exact) mass is 280 g/mol. The Labute approximate surface area is 118 Å². The first kappa shape index (κ1) is 13.2. The summed E-state index contributed by atoms with van der Waals surface area (Å²) in [5.41, 5.74) is 1.61. The molecule has 0 unspecified atom stereocenters. The summed E-state index contributed by atoms with van der Waals surface area (Å²) in [6.07, 6.45) is 6.99. The van der Waals surface area contributed by atoms with E-state index < -0.39 is 10.3 Å². The van der Waals surface area contributed by atoms with Crippen LogP contribution in [-0.2, 0) is 5.41 Å². The Bertz CT molecular complexity index is 510. The summed E-state index contributed by atoms with van der Waals surface area (Å²) in [7, 11) is -1.15. The molecule has 106 valence electrons. The summed E-state index contributed by atoms with van der Waals surface area (Å²) in [5.74, 6) is 2.10. The van der Waals surface area contributed by atoms with Gasteiger partial charge in [-0.3, -0.25) is 0 Å². The van der Waals surface area contributed by atoms with Gasteiger partial charge in [0.1, 0.15) is 11.5 Å². The first-order chi connectivity index (χ1) is 8.75. The fourth-order valence-electron chi connectivity index (χ4n) is 2.41. The zero-order valence-electron chi connectivity index (χ0n) is 12.6. The molecule has 3 heteroatoms. The number of fused-ring (bicyclic) bond motifs is 2. The molecule has 0 atom stereocenters. The molecule has 0 saturated heterocycles. The largest absolute Gasteiger partial charge is 0.492 e. The number of rotatable bonds is 2. The molecule has 1 heterocycles. The Morgan fingerprint density at radius 3 is 2.47 bits per heavy atom. The van der Waals surface area contributed by atoms with E-state index in [-0.39, 0.29) is 10.2 Å². The molecule has 0 N–H and O–H groups in total. The molecule has 1 saturated carbocycles. The molecule has 0 bridgehead atoms. The molecule has 1 aliphatic carbocycles. The Morgan fingerprint density at radius 1 is 1.21 bits per heavy atom. The second-order valence-electron chi connectivity index (χ2n) is 7.13. The third kappa shape index (κ3) is 2.03. The molecule has 1 aliphatic heterocycles. The average molecular weight is 280 g/mol. The van der Waals surface area contributed by atoms with Gasteiger partial charge in [0.2, 0.25) is 0 Å². The lowest BCUT2D eigenvalue weighted by molar-refractivity contribution is 0.323. The van der Waals surface area contributed by atoms with Crippen molar-refractivity contribution < 1.29 is 8.92 Å². The van der Waals surface area contributed by atoms with Gasteiger partial charge < -0.3 is 8.92 Å². The van der Waals surface area contributed by atoms with Crippen LogP contribution < -0.4 is 8.92 Å². The summed E-state index contributed by atoms with van der Waals surface area (Å²) in [4.78, 5) is 0. The lowest BCUT2D eigenvalue weighted by atomic mass is 9.98. The van der Waals surface area contributed by atoms with Crippen LogP contribution in [0.1, 0.15) is 39.2 Å². The van der Waals surface area contributed by atoms with Crippen LogP contribution in [0.2, 0.25) is 0 Å². The number of ether oxygens (including phenoxy) is 1. The standard InChI is InChI=1S/C16H24O2S/c1-15(2,3)19(4,5)18-13-8-6-7-12-14(13)16(9-10-16)11-17-12/h6-8H,9-11H2,1-5H3. The highest BCUT2D eigenvalue weighted by atomic mass is 32.3. The van der Waals surface area contributed by atoms with Crippen LogP contribution >= 0.6 is 10.3 Å². The van der Waals surface area contributed by atoms with Gasteiger partial charge >= 0.3 is 0 Å². The summed E-state index contributed by atoms with van der Waals surface area (Å²) in [6, 6.07) is 6.25. The van der Waals surface area contributed by atoms with Crippen molar-refractivity contribution in [3.05, 3.63) is 23.8 Å². The maximum absolute atomic E-state index is 6.49. The van der Waals surface area contributed by atoms with E-state index in [4.69, 9.17) is 8.92 Å². The van der Waals surface area contributed by atoms with E-state index in [2.05, 4.69) is 45.4 Å². The number of benzene rings is 1. The average Bonchev–Trinajstić information content (AvgIpc) is 2.94. The van der Waals surface area contributed by atoms with Crippen LogP contribution in [0, 0.1) is 0 Å². The lowest BCUT2D eigenvalue weighted by Crippen LogP contribution is -2.27. The van der Waals surface area contributed by atoms with E-state index in [0.29, 0.717) is 0 Å². The Balaban J connectivity index is 1.98. The minimum absolute atomic E-state index is 0.173. The Morgan fingerprint density at radius 2 is 1.89 bits per heavy atom. The zero-order chi connectivity index (χ0) is 13.9. The van der Waals surface area contributed by atoms with Crippen LogP contribution in [-0.4, -0.2) is 23.9 Å². The molecule has 1 aromatic rings. The molecule has 2 aliphatic rings. The minimum atomic E-state index is -1.15. The number of hydrogen-bond acceptors (Lipinski definition) is 2. The minimum Gasteiger partial charge on any atom is -0.492 e. The maximum atomic E-state index is 6.49. The molecule has 1 aromatic carbocycles. The normalized spacial score (nSPS) is 20.9.